The van der Waals surface area contributed by atoms with Crippen molar-refractivity contribution in [2.45, 2.75) is 44.6 Å². The SMILES string of the molecule is Cc1ccc(N2CCNCC2)cc1NC(=O)C(C)n1cc(C)c2cc(SCC3CC3)ccc21. The largest absolute Gasteiger partial charge is 0.369 e. The summed E-state index contributed by atoms with van der Waals surface area (Å²) in [6.45, 7) is 10.1. The summed E-state index contributed by atoms with van der Waals surface area (Å²) in [4.78, 5) is 17.0. The number of carbonyl (C=O) groups excluding carboxylic acids is 1. The molecule has 2 aliphatic rings. The molecule has 2 heterocycles. The van der Waals surface area contributed by atoms with E-state index in [-0.39, 0.29) is 11.9 Å². The normalized spacial score (nSPS) is 17.4. The van der Waals surface area contributed by atoms with Gasteiger partial charge in [0, 0.05) is 65.3 Å². The second kappa shape index (κ2) is 9.43. The summed E-state index contributed by atoms with van der Waals surface area (Å²) in [7, 11) is 0. The molecule has 1 unspecified atom stereocenters. The molecule has 2 fully saturated rings. The van der Waals surface area contributed by atoms with Crippen LogP contribution in [-0.4, -0.2) is 42.4 Å². The van der Waals surface area contributed by atoms with Gasteiger partial charge in [-0.15, -0.1) is 11.8 Å². The molecule has 2 aromatic carbocycles. The molecule has 1 atom stereocenters. The van der Waals surface area contributed by atoms with Crippen molar-refractivity contribution >= 4 is 39.9 Å². The Labute approximate surface area is 200 Å². The van der Waals surface area contributed by atoms with Crippen LogP contribution in [0.4, 0.5) is 11.4 Å². The third-order valence-corrected chi connectivity index (χ3v) is 8.17. The van der Waals surface area contributed by atoms with Crippen LogP contribution in [-0.2, 0) is 4.79 Å². The van der Waals surface area contributed by atoms with E-state index >= 15 is 0 Å². The zero-order valence-electron chi connectivity index (χ0n) is 19.9. The van der Waals surface area contributed by atoms with E-state index in [2.05, 4.69) is 76.5 Å². The monoisotopic (exact) mass is 462 g/mol. The highest BCUT2D eigenvalue weighted by atomic mass is 32.2. The second-order valence-corrected chi connectivity index (χ2v) is 10.6. The highest BCUT2D eigenvalue weighted by molar-refractivity contribution is 7.99. The van der Waals surface area contributed by atoms with Crippen molar-refractivity contribution in [1.29, 1.82) is 0 Å². The molecular formula is C27H34N4OS. The molecule has 33 heavy (non-hydrogen) atoms. The molecule has 1 aliphatic heterocycles. The fourth-order valence-electron chi connectivity index (χ4n) is 4.54. The molecule has 1 aromatic heterocycles. The van der Waals surface area contributed by atoms with Crippen LogP contribution in [0.1, 0.15) is 36.9 Å². The van der Waals surface area contributed by atoms with Crippen LogP contribution in [0, 0.1) is 19.8 Å². The van der Waals surface area contributed by atoms with E-state index in [9.17, 15) is 4.79 Å². The summed E-state index contributed by atoms with van der Waals surface area (Å²) in [6.07, 6.45) is 4.89. The average Bonchev–Trinajstić information content (AvgIpc) is 3.61. The Kier molecular flexibility index (Phi) is 6.39. The Morgan fingerprint density at radius 1 is 1.12 bits per heavy atom. The topological polar surface area (TPSA) is 49.3 Å². The van der Waals surface area contributed by atoms with Crippen molar-refractivity contribution in [2.24, 2.45) is 5.92 Å². The van der Waals surface area contributed by atoms with Gasteiger partial charge in [0.1, 0.15) is 6.04 Å². The van der Waals surface area contributed by atoms with Crippen LogP contribution in [0.15, 0.2) is 47.5 Å². The van der Waals surface area contributed by atoms with Gasteiger partial charge in [-0.3, -0.25) is 4.79 Å². The smallest absolute Gasteiger partial charge is 0.247 e. The maximum atomic E-state index is 13.3. The van der Waals surface area contributed by atoms with Crippen LogP contribution in [0.25, 0.3) is 10.9 Å². The number of rotatable bonds is 7. The van der Waals surface area contributed by atoms with Gasteiger partial charge in [0.25, 0.3) is 0 Å². The zero-order valence-corrected chi connectivity index (χ0v) is 20.7. The first-order valence-electron chi connectivity index (χ1n) is 12.1. The molecule has 0 spiro atoms. The predicted octanol–water partition coefficient (Wildman–Crippen LogP) is 5.37. The molecule has 2 N–H and O–H groups in total. The van der Waals surface area contributed by atoms with E-state index in [1.165, 1.54) is 40.1 Å². The van der Waals surface area contributed by atoms with E-state index in [4.69, 9.17) is 0 Å². The van der Waals surface area contributed by atoms with Gasteiger partial charge >= 0.3 is 0 Å². The first kappa shape index (κ1) is 22.4. The Hall–Kier alpha value is -2.44. The van der Waals surface area contributed by atoms with Gasteiger partial charge in [0.05, 0.1) is 0 Å². The van der Waals surface area contributed by atoms with Crippen molar-refractivity contribution < 1.29 is 4.79 Å². The van der Waals surface area contributed by atoms with E-state index < -0.39 is 0 Å². The van der Waals surface area contributed by atoms with Crippen molar-refractivity contribution in [3.8, 4) is 0 Å². The Morgan fingerprint density at radius 3 is 2.67 bits per heavy atom. The van der Waals surface area contributed by atoms with Crippen LogP contribution in [0.5, 0.6) is 0 Å². The molecule has 1 aliphatic carbocycles. The van der Waals surface area contributed by atoms with Crippen LogP contribution < -0.4 is 15.5 Å². The lowest BCUT2D eigenvalue weighted by atomic mass is 10.1. The van der Waals surface area contributed by atoms with E-state index in [1.54, 1.807) is 0 Å². The van der Waals surface area contributed by atoms with Crippen molar-refractivity contribution in [1.82, 2.24) is 9.88 Å². The maximum absolute atomic E-state index is 13.3. The number of aromatic nitrogens is 1. The van der Waals surface area contributed by atoms with Crippen molar-refractivity contribution in [2.75, 3.05) is 42.1 Å². The van der Waals surface area contributed by atoms with E-state index in [1.807, 2.05) is 18.7 Å². The first-order chi connectivity index (χ1) is 16.0. The van der Waals surface area contributed by atoms with E-state index in [0.29, 0.717) is 0 Å². The van der Waals surface area contributed by atoms with E-state index in [0.717, 1.165) is 48.9 Å². The van der Waals surface area contributed by atoms with Gasteiger partial charge in [0.2, 0.25) is 5.91 Å². The maximum Gasteiger partial charge on any atom is 0.247 e. The van der Waals surface area contributed by atoms with Crippen LogP contribution >= 0.6 is 11.8 Å². The summed E-state index contributed by atoms with van der Waals surface area (Å²) < 4.78 is 2.12. The minimum absolute atomic E-state index is 0.0136. The summed E-state index contributed by atoms with van der Waals surface area (Å²) >= 11 is 1.96. The number of carbonyl (C=O) groups is 1. The number of benzene rings is 2. The lowest BCUT2D eigenvalue weighted by molar-refractivity contribution is -0.118. The summed E-state index contributed by atoms with van der Waals surface area (Å²) in [5.41, 5.74) is 5.49. The summed E-state index contributed by atoms with van der Waals surface area (Å²) in [5, 5.41) is 7.84. The van der Waals surface area contributed by atoms with Gasteiger partial charge in [0.15, 0.2) is 0 Å². The van der Waals surface area contributed by atoms with Crippen LogP contribution in [0.2, 0.25) is 0 Å². The number of amides is 1. The van der Waals surface area contributed by atoms with Gasteiger partial charge in [-0.05, 0) is 81.0 Å². The molecule has 5 rings (SSSR count). The molecule has 1 saturated carbocycles. The standard InChI is InChI=1S/C27H34N4OS/c1-18-4-7-22(30-12-10-28-11-13-30)14-25(18)29-27(32)20(3)31-16-19(2)24-15-23(8-9-26(24)31)33-17-21-5-6-21/h4,7-9,14-16,20-21,28H,5-6,10-13,17H2,1-3H3,(H,29,32). The number of hydrogen-bond donors (Lipinski definition) is 2. The molecule has 0 radical (unpaired) electrons. The number of anilines is 2. The Balaban J connectivity index is 1.34. The molecule has 5 nitrogen and oxygen atoms in total. The number of nitrogens with one attached hydrogen (secondary N) is 2. The molecular weight excluding hydrogens is 428 g/mol. The highest BCUT2D eigenvalue weighted by Crippen LogP contribution is 2.36. The average molecular weight is 463 g/mol. The number of thioether (sulfide) groups is 1. The molecule has 174 valence electrons. The summed E-state index contributed by atoms with van der Waals surface area (Å²) in [6, 6.07) is 12.8. The number of fused-ring (bicyclic) bond motifs is 1. The Bertz CT molecular complexity index is 1160. The molecule has 1 saturated heterocycles. The molecule has 6 heteroatoms. The van der Waals surface area contributed by atoms with Gasteiger partial charge in [-0.25, -0.2) is 0 Å². The van der Waals surface area contributed by atoms with Gasteiger partial charge < -0.3 is 20.1 Å². The number of aryl methyl sites for hydroxylation is 2. The minimum atomic E-state index is -0.298. The fourth-order valence-corrected chi connectivity index (χ4v) is 5.67. The third kappa shape index (κ3) is 4.92. The fraction of sp³-hybridized carbons (Fsp3) is 0.444. The third-order valence-electron chi connectivity index (χ3n) is 6.94. The Morgan fingerprint density at radius 2 is 1.91 bits per heavy atom. The lowest BCUT2D eigenvalue weighted by Gasteiger charge is -2.30. The zero-order chi connectivity index (χ0) is 22.9. The molecule has 0 bridgehead atoms. The number of piperazine rings is 1. The van der Waals surface area contributed by atoms with Crippen LogP contribution in [0.3, 0.4) is 0 Å². The van der Waals surface area contributed by atoms with Gasteiger partial charge in [-0.1, -0.05) is 6.07 Å². The number of hydrogen-bond acceptors (Lipinski definition) is 4. The first-order valence-corrected chi connectivity index (χ1v) is 13.1. The summed E-state index contributed by atoms with van der Waals surface area (Å²) in [5.74, 6) is 2.14. The molecule has 1 amide bonds. The van der Waals surface area contributed by atoms with Gasteiger partial charge in [-0.2, -0.15) is 0 Å². The van der Waals surface area contributed by atoms with Crippen molar-refractivity contribution in [3.63, 3.8) is 0 Å². The predicted molar refractivity (Wildman–Crippen MR) is 140 cm³/mol. The second-order valence-electron chi connectivity index (χ2n) is 9.55. The number of nitrogens with zero attached hydrogens (tertiary/aromatic N) is 2. The molecule has 3 aromatic rings. The lowest BCUT2D eigenvalue weighted by Crippen LogP contribution is -2.43. The quantitative estimate of drug-likeness (QED) is 0.464. The minimum Gasteiger partial charge on any atom is -0.369 e. The van der Waals surface area contributed by atoms with Crippen molar-refractivity contribution in [3.05, 3.63) is 53.7 Å². The highest BCUT2D eigenvalue weighted by Gasteiger charge is 2.22.